The van der Waals surface area contributed by atoms with Crippen molar-refractivity contribution >= 4 is 23.2 Å². The SMILES string of the molecule is CCC(CC(=O)O)NC(=O)c1csc2c1CCC(C)C2. The molecule has 0 bridgehead atoms. The van der Waals surface area contributed by atoms with Crippen LogP contribution in [0.1, 0.15) is 53.9 Å². The summed E-state index contributed by atoms with van der Waals surface area (Å²) in [6, 6.07) is -0.293. The molecule has 0 saturated heterocycles. The summed E-state index contributed by atoms with van der Waals surface area (Å²) in [5.41, 5.74) is 1.93. The first-order chi connectivity index (χ1) is 9.51. The Balaban J connectivity index is 2.08. The Kier molecular flexibility index (Phi) is 4.81. The molecule has 0 radical (unpaired) electrons. The fourth-order valence-electron chi connectivity index (χ4n) is 2.64. The van der Waals surface area contributed by atoms with Gasteiger partial charge in [0.15, 0.2) is 0 Å². The molecule has 1 aliphatic carbocycles. The zero-order valence-corrected chi connectivity index (χ0v) is 12.8. The molecule has 1 heterocycles. The van der Waals surface area contributed by atoms with Gasteiger partial charge in [-0.25, -0.2) is 0 Å². The molecule has 5 heteroatoms. The number of carboxylic acids is 1. The second kappa shape index (κ2) is 6.39. The molecule has 1 aliphatic rings. The van der Waals surface area contributed by atoms with Crippen molar-refractivity contribution in [2.45, 2.75) is 52.0 Å². The Morgan fingerprint density at radius 3 is 2.95 bits per heavy atom. The second-order valence-corrected chi connectivity index (χ2v) is 6.54. The molecule has 2 rings (SSSR count). The van der Waals surface area contributed by atoms with Crippen LogP contribution < -0.4 is 5.32 Å². The summed E-state index contributed by atoms with van der Waals surface area (Å²) in [6.45, 7) is 4.13. The zero-order valence-electron chi connectivity index (χ0n) is 11.9. The average Bonchev–Trinajstić information content (AvgIpc) is 2.80. The van der Waals surface area contributed by atoms with Crippen LogP contribution in [-0.2, 0) is 17.6 Å². The number of thiophene rings is 1. The molecule has 0 saturated carbocycles. The van der Waals surface area contributed by atoms with Crippen molar-refractivity contribution in [1.29, 1.82) is 0 Å². The Morgan fingerprint density at radius 2 is 2.30 bits per heavy atom. The van der Waals surface area contributed by atoms with E-state index in [0.717, 1.165) is 24.8 Å². The van der Waals surface area contributed by atoms with E-state index in [1.54, 1.807) is 11.3 Å². The van der Waals surface area contributed by atoms with Crippen LogP contribution in [0.2, 0.25) is 0 Å². The number of nitrogens with one attached hydrogen (secondary N) is 1. The van der Waals surface area contributed by atoms with Gasteiger partial charge < -0.3 is 10.4 Å². The van der Waals surface area contributed by atoms with Crippen molar-refractivity contribution in [3.63, 3.8) is 0 Å². The molecular formula is C15H21NO3S. The summed E-state index contributed by atoms with van der Waals surface area (Å²) in [6.07, 6.45) is 3.74. The van der Waals surface area contributed by atoms with Gasteiger partial charge in [-0.3, -0.25) is 9.59 Å². The number of fused-ring (bicyclic) bond motifs is 1. The maximum absolute atomic E-state index is 12.3. The van der Waals surface area contributed by atoms with Gasteiger partial charge in [0.1, 0.15) is 0 Å². The van der Waals surface area contributed by atoms with Gasteiger partial charge in [-0.15, -0.1) is 11.3 Å². The van der Waals surface area contributed by atoms with Gasteiger partial charge in [-0.05, 0) is 37.2 Å². The van der Waals surface area contributed by atoms with Gasteiger partial charge in [-0.1, -0.05) is 13.8 Å². The van der Waals surface area contributed by atoms with Crippen LogP contribution in [0.3, 0.4) is 0 Å². The van der Waals surface area contributed by atoms with Gasteiger partial charge >= 0.3 is 5.97 Å². The highest BCUT2D eigenvalue weighted by Crippen LogP contribution is 2.32. The van der Waals surface area contributed by atoms with E-state index < -0.39 is 5.97 Å². The van der Waals surface area contributed by atoms with Gasteiger partial charge in [-0.2, -0.15) is 0 Å². The molecule has 1 amide bonds. The number of aliphatic carboxylic acids is 1. The monoisotopic (exact) mass is 295 g/mol. The number of carboxylic acid groups (broad SMARTS) is 1. The van der Waals surface area contributed by atoms with Crippen LogP contribution >= 0.6 is 11.3 Å². The lowest BCUT2D eigenvalue weighted by Gasteiger charge is -2.20. The summed E-state index contributed by atoms with van der Waals surface area (Å²) >= 11 is 1.66. The third kappa shape index (κ3) is 3.39. The van der Waals surface area contributed by atoms with Crippen LogP contribution in [0.25, 0.3) is 0 Å². The van der Waals surface area contributed by atoms with E-state index in [0.29, 0.717) is 12.3 Å². The minimum absolute atomic E-state index is 0.0222. The lowest BCUT2D eigenvalue weighted by molar-refractivity contribution is -0.137. The maximum atomic E-state index is 12.3. The van der Waals surface area contributed by atoms with Gasteiger partial charge in [0.05, 0.1) is 12.0 Å². The van der Waals surface area contributed by atoms with E-state index in [9.17, 15) is 9.59 Å². The number of carbonyl (C=O) groups excluding carboxylic acids is 1. The van der Waals surface area contributed by atoms with E-state index in [1.165, 1.54) is 10.4 Å². The van der Waals surface area contributed by atoms with Crippen LogP contribution in [-0.4, -0.2) is 23.0 Å². The van der Waals surface area contributed by atoms with Crippen LogP contribution in [0, 0.1) is 5.92 Å². The van der Waals surface area contributed by atoms with Crippen LogP contribution in [0.15, 0.2) is 5.38 Å². The number of hydrogen-bond acceptors (Lipinski definition) is 3. The highest BCUT2D eigenvalue weighted by Gasteiger charge is 2.24. The summed E-state index contributed by atoms with van der Waals surface area (Å²) in [5.74, 6) is -0.309. The molecule has 0 spiro atoms. The first kappa shape index (κ1) is 15.0. The topological polar surface area (TPSA) is 66.4 Å². The van der Waals surface area contributed by atoms with E-state index in [2.05, 4.69) is 12.2 Å². The van der Waals surface area contributed by atoms with E-state index in [-0.39, 0.29) is 18.4 Å². The molecule has 20 heavy (non-hydrogen) atoms. The van der Waals surface area contributed by atoms with Crippen molar-refractivity contribution in [2.24, 2.45) is 5.92 Å². The van der Waals surface area contributed by atoms with E-state index >= 15 is 0 Å². The first-order valence-corrected chi connectivity index (χ1v) is 8.01. The fraction of sp³-hybridized carbons (Fsp3) is 0.600. The van der Waals surface area contributed by atoms with Gasteiger partial charge in [0.25, 0.3) is 5.91 Å². The molecule has 2 N–H and O–H groups in total. The quantitative estimate of drug-likeness (QED) is 0.878. The zero-order chi connectivity index (χ0) is 14.7. The van der Waals surface area contributed by atoms with Crippen LogP contribution in [0.4, 0.5) is 0 Å². The Morgan fingerprint density at radius 1 is 1.55 bits per heavy atom. The molecule has 0 aromatic carbocycles. The lowest BCUT2D eigenvalue weighted by atomic mass is 9.88. The summed E-state index contributed by atoms with van der Waals surface area (Å²) in [4.78, 5) is 24.4. The molecule has 2 atom stereocenters. The normalized spacial score (nSPS) is 19.2. The highest BCUT2D eigenvalue weighted by atomic mass is 32.1. The highest BCUT2D eigenvalue weighted by molar-refractivity contribution is 7.10. The van der Waals surface area contributed by atoms with Gasteiger partial charge in [0.2, 0.25) is 0 Å². The fourth-order valence-corrected chi connectivity index (χ4v) is 3.88. The third-order valence-electron chi connectivity index (χ3n) is 3.90. The Labute approximate surface area is 123 Å². The molecule has 0 fully saturated rings. The molecule has 1 aromatic rings. The largest absolute Gasteiger partial charge is 0.481 e. The Bertz CT molecular complexity index is 509. The predicted molar refractivity (Wildman–Crippen MR) is 79.3 cm³/mol. The maximum Gasteiger partial charge on any atom is 0.305 e. The van der Waals surface area contributed by atoms with Crippen molar-refractivity contribution in [1.82, 2.24) is 5.32 Å². The third-order valence-corrected chi connectivity index (χ3v) is 4.95. The predicted octanol–water partition coefficient (Wildman–Crippen LogP) is 2.86. The molecule has 110 valence electrons. The minimum Gasteiger partial charge on any atom is -0.481 e. The smallest absolute Gasteiger partial charge is 0.305 e. The number of rotatable bonds is 5. The first-order valence-electron chi connectivity index (χ1n) is 7.13. The number of carbonyl (C=O) groups is 2. The van der Waals surface area contributed by atoms with Gasteiger partial charge in [0, 0.05) is 16.3 Å². The summed E-state index contributed by atoms with van der Waals surface area (Å²) < 4.78 is 0. The second-order valence-electron chi connectivity index (χ2n) is 5.58. The molecule has 2 unspecified atom stereocenters. The minimum atomic E-state index is -0.877. The molecular weight excluding hydrogens is 274 g/mol. The molecule has 4 nitrogen and oxygen atoms in total. The van der Waals surface area contributed by atoms with Crippen molar-refractivity contribution in [3.8, 4) is 0 Å². The van der Waals surface area contributed by atoms with E-state index in [1.807, 2.05) is 12.3 Å². The standard InChI is InChI=1S/C15H21NO3S/c1-3-10(7-14(17)18)16-15(19)12-8-20-13-6-9(2)4-5-11(12)13/h8-10H,3-7H2,1-2H3,(H,16,19)(H,17,18). The molecule has 0 aliphatic heterocycles. The molecule has 1 aromatic heterocycles. The summed E-state index contributed by atoms with van der Waals surface area (Å²) in [7, 11) is 0. The average molecular weight is 295 g/mol. The number of hydrogen-bond donors (Lipinski definition) is 2. The van der Waals surface area contributed by atoms with Crippen molar-refractivity contribution < 1.29 is 14.7 Å². The number of amides is 1. The van der Waals surface area contributed by atoms with Crippen molar-refractivity contribution in [2.75, 3.05) is 0 Å². The van der Waals surface area contributed by atoms with Crippen LogP contribution in [0.5, 0.6) is 0 Å². The summed E-state index contributed by atoms with van der Waals surface area (Å²) in [5, 5.41) is 13.6. The lowest BCUT2D eigenvalue weighted by Crippen LogP contribution is -2.36. The van der Waals surface area contributed by atoms with E-state index in [4.69, 9.17) is 5.11 Å². The Hall–Kier alpha value is -1.36. The van der Waals surface area contributed by atoms with Crippen molar-refractivity contribution in [3.05, 3.63) is 21.4 Å².